The fraction of sp³-hybridized carbons (Fsp3) is 0.696. The van der Waals surface area contributed by atoms with Crippen LogP contribution < -0.4 is 4.74 Å². The van der Waals surface area contributed by atoms with Crippen LogP contribution in [0.5, 0.6) is 5.75 Å². The van der Waals surface area contributed by atoms with Gasteiger partial charge in [-0.2, -0.15) is 0 Å². The fourth-order valence-corrected chi connectivity index (χ4v) is 5.66. The molecule has 0 unspecified atom stereocenters. The van der Waals surface area contributed by atoms with Gasteiger partial charge in [0.15, 0.2) is 0 Å². The zero-order chi connectivity index (χ0) is 19.2. The van der Waals surface area contributed by atoms with E-state index < -0.39 is 5.60 Å². The first-order chi connectivity index (χ1) is 12.9. The first-order valence-corrected chi connectivity index (χ1v) is 10.5. The van der Waals surface area contributed by atoms with Gasteiger partial charge in [0.25, 0.3) is 0 Å². The van der Waals surface area contributed by atoms with Gasteiger partial charge in [-0.05, 0) is 68.9 Å². The molecule has 148 valence electrons. The summed E-state index contributed by atoms with van der Waals surface area (Å²) in [4.78, 5) is 14.6. The third-order valence-corrected chi connectivity index (χ3v) is 7.28. The predicted octanol–water partition coefficient (Wildman–Crippen LogP) is 3.90. The number of hydrogen-bond acceptors (Lipinski definition) is 3. The standard InChI is InChI=1S/C23H33NO3/c1-4-16-6-5-7-19(20(16)27-3)17-8-10-23(11-9-17)14-24(15-23)21(25)18-12-22(2,26)13-18/h5-7,17-18,26H,4,8-15H2,1-3H3/t18-,22+. The molecule has 27 heavy (non-hydrogen) atoms. The number of para-hydroxylation sites is 1. The number of nitrogens with zero attached hydrogens (tertiary/aromatic N) is 1. The lowest BCUT2D eigenvalue weighted by atomic mass is 9.63. The summed E-state index contributed by atoms with van der Waals surface area (Å²) in [6.07, 6.45) is 7.02. The number of aryl methyl sites for hydroxylation is 1. The molecule has 3 aliphatic rings. The summed E-state index contributed by atoms with van der Waals surface area (Å²) >= 11 is 0. The highest BCUT2D eigenvalue weighted by Crippen LogP contribution is 2.51. The molecule has 0 aromatic heterocycles. The maximum Gasteiger partial charge on any atom is 0.225 e. The van der Waals surface area contributed by atoms with Crippen LogP contribution >= 0.6 is 0 Å². The third-order valence-electron chi connectivity index (χ3n) is 7.28. The van der Waals surface area contributed by atoms with Crippen molar-refractivity contribution in [1.82, 2.24) is 4.90 Å². The van der Waals surface area contributed by atoms with E-state index in [2.05, 4.69) is 25.1 Å². The number of carbonyl (C=O) groups excluding carboxylic acids is 1. The number of aliphatic hydroxyl groups is 1. The number of rotatable bonds is 4. The molecule has 0 atom stereocenters. The zero-order valence-electron chi connectivity index (χ0n) is 17.0. The Hall–Kier alpha value is -1.55. The lowest BCUT2D eigenvalue weighted by Crippen LogP contribution is -2.62. The predicted molar refractivity (Wildman–Crippen MR) is 106 cm³/mol. The Morgan fingerprint density at radius 3 is 2.48 bits per heavy atom. The first-order valence-electron chi connectivity index (χ1n) is 10.5. The lowest BCUT2D eigenvalue weighted by Gasteiger charge is -2.55. The van der Waals surface area contributed by atoms with Crippen molar-refractivity contribution < 1.29 is 14.6 Å². The van der Waals surface area contributed by atoms with Crippen LogP contribution in [0.3, 0.4) is 0 Å². The van der Waals surface area contributed by atoms with Gasteiger partial charge in [0.2, 0.25) is 5.91 Å². The Balaban J connectivity index is 1.34. The second-order valence-corrected chi connectivity index (χ2v) is 9.46. The van der Waals surface area contributed by atoms with E-state index in [9.17, 15) is 9.90 Å². The quantitative estimate of drug-likeness (QED) is 0.873. The van der Waals surface area contributed by atoms with Crippen molar-refractivity contribution in [1.29, 1.82) is 0 Å². The third kappa shape index (κ3) is 3.37. The summed E-state index contributed by atoms with van der Waals surface area (Å²) in [6.45, 7) is 5.85. The number of hydrogen-bond donors (Lipinski definition) is 1. The van der Waals surface area contributed by atoms with Gasteiger partial charge in [-0.3, -0.25) is 4.79 Å². The van der Waals surface area contributed by atoms with Crippen molar-refractivity contribution in [2.24, 2.45) is 11.3 Å². The van der Waals surface area contributed by atoms with Gasteiger partial charge >= 0.3 is 0 Å². The number of carbonyl (C=O) groups is 1. The molecule has 1 amide bonds. The molecular formula is C23H33NO3. The summed E-state index contributed by atoms with van der Waals surface area (Å²) in [5.41, 5.74) is 2.39. The van der Waals surface area contributed by atoms with Gasteiger partial charge in [0, 0.05) is 24.4 Å². The molecule has 0 radical (unpaired) electrons. The fourth-order valence-electron chi connectivity index (χ4n) is 5.66. The van der Waals surface area contributed by atoms with E-state index in [4.69, 9.17) is 4.74 Å². The topological polar surface area (TPSA) is 49.8 Å². The van der Waals surface area contributed by atoms with Gasteiger partial charge in [0.1, 0.15) is 5.75 Å². The van der Waals surface area contributed by atoms with Crippen LogP contribution in [-0.4, -0.2) is 41.7 Å². The van der Waals surface area contributed by atoms with Crippen molar-refractivity contribution in [2.75, 3.05) is 20.2 Å². The van der Waals surface area contributed by atoms with Crippen molar-refractivity contribution >= 4 is 5.91 Å². The normalized spacial score (nSPS) is 29.9. The summed E-state index contributed by atoms with van der Waals surface area (Å²) < 4.78 is 5.75. The molecule has 4 nitrogen and oxygen atoms in total. The summed E-state index contributed by atoms with van der Waals surface area (Å²) in [7, 11) is 1.79. The highest BCUT2D eigenvalue weighted by atomic mass is 16.5. The van der Waals surface area contributed by atoms with Crippen LogP contribution in [0, 0.1) is 11.3 Å². The molecule has 3 fully saturated rings. The van der Waals surface area contributed by atoms with Crippen molar-refractivity contribution in [3.05, 3.63) is 29.3 Å². The van der Waals surface area contributed by atoms with Gasteiger partial charge in [0.05, 0.1) is 12.7 Å². The number of benzene rings is 1. The number of ether oxygens (including phenoxy) is 1. The van der Waals surface area contributed by atoms with Crippen LogP contribution in [0.25, 0.3) is 0 Å². The Kier molecular flexibility index (Phi) is 4.74. The molecule has 1 spiro atoms. The minimum absolute atomic E-state index is 0.0507. The maximum absolute atomic E-state index is 12.6. The van der Waals surface area contributed by atoms with Crippen LogP contribution in [0.4, 0.5) is 0 Å². The smallest absolute Gasteiger partial charge is 0.225 e. The Morgan fingerprint density at radius 2 is 1.93 bits per heavy atom. The second kappa shape index (κ2) is 6.80. The van der Waals surface area contributed by atoms with E-state index >= 15 is 0 Å². The van der Waals surface area contributed by atoms with Gasteiger partial charge in [-0.1, -0.05) is 25.1 Å². The molecule has 4 rings (SSSR count). The average molecular weight is 372 g/mol. The molecule has 4 heteroatoms. The molecule has 1 aliphatic heterocycles. The molecular weight excluding hydrogens is 338 g/mol. The summed E-state index contributed by atoms with van der Waals surface area (Å²) in [5.74, 6) is 1.98. The SMILES string of the molecule is CCc1cccc(C2CCC3(CC2)CN(C(=O)[C@H]2C[C@@](C)(O)C2)C3)c1OC. The molecule has 1 heterocycles. The largest absolute Gasteiger partial charge is 0.496 e. The van der Waals surface area contributed by atoms with Crippen molar-refractivity contribution in [3.8, 4) is 5.75 Å². The van der Waals surface area contributed by atoms with E-state index in [-0.39, 0.29) is 11.8 Å². The van der Waals surface area contributed by atoms with Gasteiger partial charge in [-0.15, -0.1) is 0 Å². The van der Waals surface area contributed by atoms with Gasteiger partial charge < -0.3 is 14.7 Å². The van der Waals surface area contributed by atoms with Crippen LogP contribution in [0.1, 0.15) is 69.4 Å². The molecule has 1 aromatic rings. The molecule has 1 saturated heterocycles. The Labute approximate surface area is 162 Å². The molecule has 0 bridgehead atoms. The minimum Gasteiger partial charge on any atom is -0.496 e. The first kappa shape index (κ1) is 18.8. The van der Waals surface area contributed by atoms with Gasteiger partial charge in [-0.25, -0.2) is 0 Å². The van der Waals surface area contributed by atoms with Crippen LogP contribution in [0.2, 0.25) is 0 Å². The highest BCUT2D eigenvalue weighted by molar-refractivity contribution is 5.81. The molecule has 1 aromatic carbocycles. The molecule has 2 aliphatic carbocycles. The van der Waals surface area contributed by atoms with E-state index in [1.54, 1.807) is 7.11 Å². The van der Waals surface area contributed by atoms with E-state index in [0.29, 0.717) is 24.2 Å². The molecule has 2 saturated carbocycles. The van der Waals surface area contributed by atoms with E-state index in [1.165, 1.54) is 36.8 Å². The maximum atomic E-state index is 12.6. The number of amides is 1. The Morgan fingerprint density at radius 1 is 1.26 bits per heavy atom. The highest BCUT2D eigenvalue weighted by Gasteiger charge is 2.51. The summed E-state index contributed by atoms with van der Waals surface area (Å²) in [6, 6.07) is 6.57. The van der Waals surface area contributed by atoms with Crippen molar-refractivity contribution in [2.45, 2.75) is 70.3 Å². The zero-order valence-corrected chi connectivity index (χ0v) is 17.0. The monoisotopic (exact) mass is 371 g/mol. The van der Waals surface area contributed by atoms with Crippen molar-refractivity contribution in [3.63, 3.8) is 0 Å². The van der Waals surface area contributed by atoms with Crippen LogP contribution in [0.15, 0.2) is 18.2 Å². The average Bonchev–Trinajstić information content (AvgIpc) is 2.62. The van der Waals surface area contributed by atoms with E-state index in [0.717, 1.165) is 25.3 Å². The number of methoxy groups -OCH3 is 1. The van der Waals surface area contributed by atoms with Crippen LogP contribution in [-0.2, 0) is 11.2 Å². The van der Waals surface area contributed by atoms with E-state index in [1.807, 2.05) is 11.8 Å². The summed E-state index contributed by atoms with van der Waals surface area (Å²) in [5, 5.41) is 9.88. The minimum atomic E-state index is -0.618. The lowest BCUT2D eigenvalue weighted by molar-refractivity contribution is -0.163. The second-order valence-electron chi connectivity index (χ2n) is 9.46. The Bertz CT molecular complexity index is 702. The number of likely N-dealkylation sites (tertiary alicyclic amines) is 1. The molecule has 1 N–H and O–H groups in total.